The Balaban J connectivity index is 1.65. The summed E-state index contributed by atoms with van der Waals surface area (Å²) in [4.78, 5) is 27.2. The lowest BCUT2D eigenvalue weighted by Crippen LogP contribution is -2.38. The monoisotopic (exact) mass is 439 g/mol. The Bertz CT molecular complexity index is 1020. The van der Waals surface area contributed by atoms with Gasteiger partial charge in [0.2, 0.25) is 11.8 Å². The first-order valence-corrected chi connectivity index (χ1v) is 11.2. The molecule has 0 spiro atoms. The highest BCUT2D eigenvalue weighted by Crippen LogP contribution is 2.28. The van der Waals surface area contributed by atoms with Crippen LogP contribution in [0.4, 0.5) is 5.69 Å². The minimum Gasteiger partial charge on any atom is -0.353 e. The van der Waals surface area contributed by atoms with Crippen molar-refractivity contribution in [2.75, 3.05) is 11.4 Å². The maximum Gasteiger partial charge on any atom is 0.227 e. The third-order valence-corrected chi connectivity index (χ3v) is 5.59. The summed E-state index contributed by atoms with van der Waals surface area (Å²) in [5.74, 6) is -0.327. The number of nitrogens with one attached hydrogen (secondary N) is 1. The largest absolute Gasteiger partial charge is 0.353 e. The molecule has 0 fully saturated rings. The summed E-state index contributed by atoms with van der Waals surface area (Å²) in [5, 5.41) is 12.0. The normalized spacial score (nSPS) is 11.4. The molecule has 0 saturated heterocycles. The van der Waals surface area contributed by atoms with Gasteiger partial charge in [-0.25, -0.2) is 0 Å². The van der Waals surface area contributed by atoms with Gasteiger partial charge in [0.15, 0.2) is 0 Å². The molecule has 0 radical (unpaired) electrons. The van der Waals surface area contributed by atoms with E-state index in [4.69, 9.17) is 5.26 Å². The van der Waals surface area contributed by atoms with E-state index in [0.717, 1.165) is 16.8 Å². The summed E-state index contributed by atoms with van der Waals surface area (Å²) in [6, 6.07) is 31.4. The van der Waals surface area contributed by atoms with Crippen LogP contribution in [0.3, 0.4) is 0 Å². The van der Waals surface area contributed by atoms with E-state index in [1.807, 2.05) is 73.7 Å². The summed E-state index contributed by atoms with van der Waals surface area (Å²) >= 11 is 0. The van der Waals surface area contributed by atoms with Gasteiger partial charge >= 0.3 is 0 Å². The number of rotatable bonds is 10. The Kier molecular flexibility index (Phi) is 8.79. The van der Waals surface area contributed by atoms with Crippen molar-refractivity contribution >= 4 is 17.5 Å². The van der Waals surface area contributed by atoms with E-state index >= 15 is 0 Å². The van der Waals surface area contributed by atoms with E-state index in [9.17, 15) is 9.59 Å². The molecule has 5 heteroatoms. The molecule has 3 aromatic rings. The van der Waals surface area contributed by atoms with Gasteiger partial charge in [-0.2, -0.15) is 5.26 Å². The summed E-state index contributed by atoms with van der Waals surface area (Å²) < 4.78 is 0. The molecular formula is C28H29N3O2. The second-order valence-corrected chi connectivity index (χ2v) is 7.94. The Morgan fingerprint density at radius 3 is 1.88 bits per heavy atom. The van der Waals surface area contributed by atoms with Crippen molar-refractivity contribution in [3.8, 4) is 6.07 Å². The van der Waals surface area contributed by atoms with E-state index in [1.54, 1.807) is 4.90 Å². The number of nitrogens with zero attached hydrogens (tertiary/aromatic N) is 2. The predicted molar refractivity (Wildman–Crippen MR) is 131 cm³/mol. The number of amides is 2. The van der Waals surface area contributed by atoms with Crippen molar-refractivity contribution in [2.45, 2.75) is 38.1 Å². The third kappa shape index (κ3) is 6.78. The summed E-state index contributed by atoms with van der Waals surface area (Å²) in [5.41, 5.74) is 2.98. The first-order chi connectivity index (χ1) is 16.1. The predicted octanol–water partition coefficient (Wildman–Crippen LogP) is 5.05. The van der Waals surface area contributed by atoms with Crippen LogP contribution in [-0.4, -0.2) is 24.4 Å². The van der Waals surface area contributed by atoms with Gasteiger partial charge in [-0.05, 0) is 30.2 Å². The number of carbonyl (C=O) groups excluding carboxylic acids is 2. The molecule has 3 aromatic carbocycles. The second-order valence-electron chi connectivity index (χ2n) is 7.94. The number of para-hydroxylation sites is 1. The maximum atomic E-state index is 12.9. The molecule has 2 amide bonds. The van der Waals surface area contributed by atoms with Gasteiger partial charge in [0.25, 0.3) is 0 Å². The smallest absolute Gasteiger partial charge is 0.227 e. The SMILES string of the molecule is CC(NC(=O)CCC(=O)N(CCC#N)c1ccccc1)C(c1ccccc1)c1ccccc1. The lowest BCUT2D eigenvalue weighted by Gasteiger charge is -2.26. The molecule has 0 heterocycles. The first kappa shape index (κ1) is 23.7. The van der Waals surface area contributed by atoms with E-state index in [2.05, 4.69) is 35.7 Å². The minimum atomic E-state index is -0.166. The van der Waals surface area contributed by atoms with Crippen molar-refractivity contribution in [1.82, 2.24) is 5.32 Å². The van der Waals surface area contributed by atoms with E-state index in [-0.39, 0.29) is 43.0 Å². The van der Waals surface area contributed by atoms with Crippen LogP contribution in [0.15, 0.2) is 91.0 Å². The molecule has 1 N–H and O–H groups in total. The Labute approximate surface area is 195 Å². The van der Waals surface area contributed by atoms with Crippen molar-refractivity contribution in [3.63, 3.8) is 0 Å². The first-order valence-electron chi connectivity index (χ1n) is 11.2. The topological polar surface area (TPSA) is 73.2 Å². The van der Waals surface area contributed by atoms with Gasteiger partial charge in [0, 0.05) is 37.0 Å². The number of carbonyl (C=O) groups is 2. The number of anilines is 1. The van der Waals surface area contributed by atoms with Gasteiger partial charge in [0.05, 0.1) is 12.5 Å². The molecule has 168 valence electrons. The van der Waals surface area contributed by atoms with Crippen LogP contribution < -0.4 is 10.2 Å². The highest BCUT2D eigenvalue weighted by atomic mass is 16.2. The molecule has 0 aromatic heterocycles. The van der Waals surface area contributed by atoms with E-state index in [1.165, 1.54) is 0 Å². The summed E-state index contributed by atoms with van der Waals surface area (Å²) in [6.45, 7) is 2.30. The van der Waals surface area contributed by atoms with Crippen molar-refractivity contribution in [3.05, 3.63) is 102 Å². The molecule has 1 unspecified atom stereocenters. The van der Waals surface area contributed by atoms with Crippen LogP contribution in [0.25, 0.3) is 0 Å². The molecule has 0 bridgehead atoms. The lowest BCUT2D eigenvalue weighted by atomic mass is 9.85. The second kappa shape index (κ2) is 12.2. The number of nitriles is 1. The quantitative estimate of drug-likeness (QED) is 0.480. The average Bonchev–Trinajstić information content (AvgIpc) is 2.85. The molecule has 0 saturated carbocycles. The van der Waals surface area contributed by atoms with Crippen molar-refractivity contribution in [2.24, 2.45) is 0 Å². The summed E-state index contributed by atoms with van der Waals surface area (Å²) in [6.07, 6.45) is 0.412. The Morgan fingerprint density at radius 2 is 1.36 bits per heavy atom. The van der Waals surface area contributed by atoms with Gasteiger partial charge in [-0.3, -0.25) is 9.59 Å². The fourth-order valence-corrected chi connectivity index (χ4v) is 4.02. The lowest BCUT2D eigenvalue weighted by molar-refractivity contribution is -0.125. The minimum absolute atomic E-state index is 0.00324. The van der Waals surface area contributed by atoms with Crippen LogP contribution in [0.2, 0.25) is 0 Å². The summed E-state index contributed by atoms with van der Waals surface area (Å²) in [7, 11) is 0. The van der Waals surface area contributed by atoms with Crippen LogP contribution in [0.1, 0.15) is 43.2 Å². The molecular weight excluding hydrogens is 410 g/mol. The molecule has 0 aliphatic heterocycles. The zero-order valence-electron chi connectivity index (χ0n) is 18.9. The fourth-order valence-electron chi connectivity index (χ4n) is 4.02. The van der Waals surface area contributed by atoms with Crippen LogP contribution in [-0.2, 0) is 9.59 Å². The number of hydrogen-bond acceptors (Lipinski definition) is 3. The van der Waals surface area contributed by atoms with Crippen molar-refractivity contribution < 1.29 is 9.59 Å². The molecule has 5 nitrogen and oxygen atoms in total. The molecule has 3 rings (SSSR count). The third-order valence-electron chi connectivity index (χ3n) is 5.59. The molecule has 33 heavy (non-hydrogen) atoms. The fraction of sp³-hybridized carbons (Fsp3) is 0.250. The zero-order valence-corrected chi connectivity index (χ0v) is 18.9. The van der Waals surface area contributed by atoms with E-state index < -0.39 is 0 Å². The van der Waals surface area contributed by atoms with Crippen LogP contribution in [0.5, 0.6) is 0 Å². The molecule has 0 aliphatic rings. The van der Waals surface area contributed by atoms with Crippen molar-refractivity contribution in [1.29, 1.82) is 5.26 Å². The number of benzene rings is 3. The number of hydrogen-bond donors (Lipinski definition) is 1. The Morgan fingerprint density at radius 1 is 0.848 bits per heavy atom. The van der Waals surface area contributed by atoms with E-state index in [0.29, 0.717) is 6.54 Å². The average molecular weight is 440 g/mol. The molecule has 1 atom stereocenters. The van der Waals surface area contributed by atoms with Gasteiger partial charge in [-0.1, -0.05) is 78.9 Å². The maximum absolute atomic E-state index is 12.9. The van der Waals surface area contributed by atoms with Gasteiger partial charge < -0.3 is 10.2 Å². The van der Waals surface area contributed by atoms with Gasteiger partial charge in [-0.15, -0.1) is 0 Å². The van der Waals surface area contributed by atoms with Crippen LogP contribution >= 0.6 is 0 Å². The standard InChI is InChI=1S/C28H29N3O2/c1-22(28(23-12-5-2-6-13-23)24-14-7-3-8-15-24)30-26(32)18-19-27(33)31(21-11-20-29)25-16-9-4-10-17-25/h2-10,12-17,22,28H,11,18-19,21H2,1H3,(H,30,32). The zero-order chi connectivity index (χ0) is 23.5. The van der Waals surface area contributed by atoms with Gasteiger partial charge in [0.1, 0.15) is 0 Å². The Hall–Kier alpha value is -3.91. The molecule has 0 aliphatic carbocycles. The highest BCUT2D eigenvalue weighted by molar-refractivity contribution is 5.95. The van der Waals surface area contributed by atoms with Crippen LogP contribution in [0, 0.1) is 11.3 Å². The highest BCUT2D eigenvalue weighted by Gasteiger charge is 2.23.